The van der Waals surface area contributed by atoms with Crippen molar-refractivity contribution in [3.63, 3.8) is 0 Å². The molecule has 3 aromatic heterocycles. The number of imidazole rings is 1. The van der Waals surface area contributed by atoms with Crippen molar-refractivity contribution < 1.29 is 0 Å². The molecule has 0 spiro atoms. The predicted molar refractivity (Wildman–Crippen MR) is 83.5 cm³/mol. The molecule has 0 radical (unpaired) electrons. The van der Waals surface area contributed by atoms with E-state index >= 15 is 0 Å². The van der Waals surface area contributed by atoms with Gasteiger partial charge in [0, 0.05) is 31.7 Å². The van der Waals surface area contributed by atoms with E-state index in [1.807, 2.05) is 6.07 Å². The molecule has 1 saturated heterocycles. The molecule has 2 N–H and O–H groups in total. The zero-order chi connectivity index (χ0) is 15.6. The number of nitrogens with zero attached hydrogens (tertiary/aromatic N) is 4. The summed E-state index contributed by atoms with van der Waals surface area (Å²) in [6.45, 7) is 2.05. The molecule has 1 aliphatic heterocycles. The third-order valence-electron chi connectivity index (χ3n) is 4.75. The average Bonchev–Trinajstić information content (AvgIpc) is 2.96. The molecule has 2 atom stereocenters. The number of aromatic amines is 2. The highest BCUT2D eigenvalue weighted by molar-refractivity contribution is 5.74. The first-order valence-electron chi connectivity index (χ1n) is 7.61. The molecular weight excluding hydrogens is 296 g/mol. The van der Waals surface area contributed by atoms with Crippen LogP contribution in [-0.4, -0.2) is 37.7 Å². The van der Waals surface area contributed by atoms with Crippen molar-refractivity contribution in [1.29, 1.82) is 0 Å². The van der Waals surface area contributed by atoms with Gasteiger partial charge in [0.1, 0.15) is 5.69 Å². The summed E-state index contributed by atoms with van der Waals surface area (Å²) in [6, 6.07) is 1.88. The Morgan fingerprint density at radius 3 is 2.83 bits per heavy atom. The van der Waals surface area contributed by atoms with E-state index in [0.717, 1.165) is 36.3 Å². The van der Waals surface area contributed by atoms with E-state index in [-0.39, 0.29) is 0 Å². The summed E-state index contributed by atoms with van der Waals surface area (Å²) in [5.41, 5.74) is 1.65. The normalized spacial score (nSPS) is 22.5. The fraction of sp³-hybridized carbons (Fsp3) is 0.333. The maximum Gasteiger partial charge on any atom is 0.325 e. The molecule has 8 heteroatoms. The Morgan fingerprint density at radius 2 is 2.04 bits per heavy atom. The van der Waals surface area contributed by atoms with Crippen molar-refractivity contribution >= 4 is 11.3 Å². The van der Waals surface area contributed by atoms with E-state index in [1.54, 1.807) is 16.9 Å². The van der Waals surface area contributed by atoms with Crippen LogP contribution in [-0.2, 0) is 0 Å². The molecule has 5 rings (SSSR count). The molecule has 3 aromatic rings. The Balaban J connectivity index is 1.70. The molecule has 1 aliphatic carbocycles. The lowest BCUT2D eigenvalue weighted by Gasteiger charge is -2.21. The zero-order valence-corrected chi connectivity index (χ0v) is 12.2. The van der Waals surface area contributed by atoms with Gasteiger partial charge >= 0.3 is 5.69 Å². The van der Waals surface area contributed by atoms with Gasteiger partial charge in [-0.1, -0.05) is 0 Å². The topological polar surface area (TPSA) is 99.2 Å². The SMILES string of the molecule is O=c1[nH]cc(-c2cc(N3CC4CC4C3)c3nccn3n2)c(=O)[nH]1. The average molecular weight is 310 g/mol. The molecule has 2 fully saturated rings. The Morgan fingerprint density at radius 1 is 1.22 bits per heavy atom. The van der Waals surface area contributed by atoms with E-state index in [2.05, 4.69) is 25.0 Å². The minimum atomic E-state index is -0.526. The van der Waals surface area contributed by atoms with Crippen LogP contribution in [0.5, 0.6) is 0 Å². The number of piperidine rings is 1. The van der Waals surface area contributed by atoms with E-state index in [9.17, 15) is 9.59 Å². The van der Waals surface area contributed by atoms with Gasteiger partial charge in [-0.05, 0) is 24.3 Å². The summed E-state index contributed by atoms with van der Waals surface area (Å²) >= 11 is 0. The Bertz CT molecular complexity index is 1020. The maximum atomic E-state index is 12.1. The van der Waals surface area contributed by atoms with Crippen molar-refractivity contribution in [2.24, 2.45) is 11.8 Å². The number of aromatic nitrogens is 5. The largest absolute Gasteiger partial charge is 0.368 e. The highest BCUT2D eigenvalue weighted by Crippen LogP contribution is 2.46. The lowest BCUT2D eigenvalue weighted by Crippen LogP contribution is -2.25. The molecule has 8 nitrogen and oxygen atoms in total. The standard InChI is InChI=1S/C15H14N6O2/c22-14-10(5-17-15(23)18-14)11-4-12(13-16-1-2-21(13)19-11)20-6-8-3-9(8)7-20/h1-2,4-5,8-9H,3,6-7H2,(H2,17,18,22,23). The number of hydrogen-bond donors (Lipinski definition) is 2. The van der Waals surface area contributed by atoms with Crippen molar-refractivity contribution in [3.8, 4) is 11.3 Å². The third kappa shape index (κ3) is 1.91. The summed E-state index contributed by atoms with van der Waals surface area (Å²) < 4.78 is 1.68. The number of anilines is 1. The molecular formula is C15H14N6O2. The van der Waals surface area contributed by atoms with Crippen LogP contribution in [0.1, 0.15) is 6.42 Å². The number of rotatable bonds is 2. The summed E-state index contributed by atoms with van der Waals surface area (Å²) in [6.07, 6.45) is 6.18. The van der Waals surface area contributed by atoms with Crippen LogP contribution in [0.25, 0.3) is 16.9 Å². The van der Waals surface area contributed by atoms with E-state index in [0.29, 0.717) is 11.3 Å². The molecule has 2 unspecified atom stereocenters. The molecule has 0 aromatic carbocycles. The van der Waals surface area contributed by atoms with Crippen LogP contribution < -0.4 is 16.1 Å². The van der Waals surface area contributed by atoms with Crippen molar-refractivity contribution in [3.05, 3.63) is 45.5 Å². The number of nitrogens with one attached hydrogen (secondary N) is 2. The molecule has 0 bridgehead atoms. The predicted octanol–water partition coefficient (Wildman–Crippen LogP) is 0.229. The highest BCUT2D eigenvalue weighted by Gasteiger charge is 2.45. The van der Waals surface area contributed by atoms with Gasteiger partial charge in [-0.2, -0.15) is 5.10 Å². The van der Waals surface area contributed by atoms with Gasteiger partial charge in [0.25, 0.3) is 5.56 Å². The molecule has 116 valence electrons. The summed E-state index contributed by atoms with van der Waals surface area (Å²) in [5.74, 6) is 1.58. The van der Waals surface area contributed by atoms with Crippen molar-refractivity contribution in [2.75, 3.05) is 18.0 Å². The summed E-state index contributed by atoms with van der Waals surface area (Å²) in [4.78, 5) is 34.7. The fourth-order valence-electron chi connectivity index (χ4n) is 3.46. The van der Waals surface area contributed by atoms with Crippen LogP contribution >= 0.6 is 0 Å². The van der Waals surface area contributed by atoms with Gasteiger partial charge in [-0.25, -0.2) is 14.3 Å². The number of hydrogen-bond acceptors (Lipinski definition) is 5. The first-order valence-corrected chi connectivity index (χ1v) is 7.61. The van der Waals surface area contributed by atoms with Crippen LogP contribution in [0.15, 0.2) is 34.2 Å². The lowest BCUT2D eigenvalue weighted by molar-refractivity contribution is 0.812. The third-order valence-corrected chi connectivity index (χ3v) is 4.75. The molecule has 23 heavy (non-hydrogen) atoms. The van der Waals surface area contributed by atoms with Gasteiger partial charge < -0.3 is 9.88 Å². The maximum absolute atomic E-state index is 12.1. The summed E-state index contributed by atoms with van der Waals surface area (Å²) in [7, 11) is 0. The second-order valence-electron chi connectivity index (χ2n) is 6.26. The number of fused-ring (bicyclic) bond motifs is 2. The quantitative estimate of drug-likeness (QED) is 0.706. The van der Waals surface area contributed by atoms with Gasteiger partial charge in [0.15, 0.2) is 5.65 Å². The molecule has 2 aliphatic rings. The van der Waals surface area contributed by atoms with Crippen molar-refractivity contribution in [2.45, 2.75) is 6.42 Å². The van der Waals surface area contributed by atoms with E-state index in [1.165, 1.54) is 12.6 Å². The minimum Gasteiger partial charge on any atom is -0.368 e. The zero-order valence-electron chi connectivity index (χ0n) is 12.2. The Kier molecular flexibility index (Phi) is 2.37. The first-order chi connectivity index (χ1) is 11.2. The van der Waals surface area contributed by atoms with Crippen molar-refractivity contribution in [1.82, 2.24) is 24.6 Å². The first kappa shape index (κ1) is 12.6. The monoisotopic (exact) mass is 310 g/mol. The van der Waals surface area contributed by atoms with Crippen LogP contribution in [0.2, 0.25) is 0 Å². The highest BCUT2D eigenvalue weighted by atomic mass is 16.2. The van der Waals surface area contributed by atoms with Gasteiger partial charge in [0.05, 0.1) is 11.3 Å². The lowest BCUT2D eigenvalue weighted by atomic mass is 10.2. The van der Waals surface area contributed by atoms with Gasteiger partial charge in [-0.3, -0.25) is 9.78 Å². The van der Waals surface area contributed by atoms with E-state index in [4.69, 9.17) is 0 Å². The minimum absolute atomic E-state index is 0.339. The molecule has 4 heterocycles. The van der Waals surface area contributed by atoms with Gasteiger partial charge in [-0.15, -0.1) is 0 Å². The Labute approximate surface area is 129 Å². The molecule has 0 amide bonds. The second-order valence-corrected chi connectivity index (χ2v) is 6.26. The summed E-state index contributed by atoms with van der Waals surface area (Å²) in [5, 5.41) is 4.44. The molecule has 1 saturated carbocycles. The van der Waals surface area contributed by atoms with Crippen LogP contribution in [0.3, 0.4) is 0 Å². The number of H-pyrrole nitrogens is 2. The fourth-order valence-corrected chi connectivity index (χ4v) is 3.46. The van der Waals surface area contributed by atoms with Crippen LogP contribution in [0.4, 0.5) is 5.69 Å². The van der Waals surface area contributed by atoms with E-state index < -0.39 is 11.2 Å². The Hall–Kier alpha value is -2.90. The second kappa shape index (κ2) is 4.31. The van der Waals surface area contributed by atoms with Crippen LogP contribution in [0, 0.1) is 11.8 Å². The van der Waals surface area contributed by atoms with Gasteiger partial charge in [0.2, 0.25) is 0 Å². The smallest absolute Gasteiger partial charge is 0.325 e.